The van der Waals surface area contributed by atoms with Crippen LogP contribution >= 0.6 is 24.8 Å². The van der Waals surface area contributed by atoms with Crippen molar-refractivity contribution in [2.24, 2.45) is 17.6 Å². The van der Waals surface area contributed by atoms with Gasteiger partial charge in [-0.15, -0.1) is 24.8 Å². The van der Waals surface area contributed by atoms with E-state index >= 15 is 0 Å². The minimum absolute atomic E-state index is 0. The molecule has 1 saturated heterocycles. The molecule has 0 spiro atoms. The average molecular weight is 354 g/mol. The Hall–Kier alpha value is -0.0300. The first kappa shape index (κ1) is 22.0. The normalized spacial score (nSPS) is 26.4. The van der Waals surface area contributed by atoms with E-state index in [0.717, 1.165) is 45.2 Å². The molecule has 0 radical (unpaired) electrons. The van der Waals surface area contributed by atoms with Crippen LogP contribution in [0.1, 0.15) is 46.0 Å². The Kier molecular flexibility index (Phi) is 9.95. The van der Waals surface area contributed by atoms with Crippen molar-refractivity contribution in [2.75, 3.05) is 26.7 Å². The highest BCUT2D eigenvalue weighted by atomic mass is 35.5. The lowest BCUT2D eigenvalue weighted by Gasteiger charge is -2.39. The minimum Gasteiger partial charge on any atom is -0.342 e. The lowest BCUT2D eigenvalue weighted by Crippen LogP contribution is -2.49. The number of piperidine rings is 1. The van der Waals surface area contributed by atoms with Crippen LogP contribution in [0.25, 0.3) is 0 Å². The zero-order valence-electron chi connectivity index (χ0n) is 14.2. The smallest absolute Gasteiger partial charge is 0.226 e. The lowest BCUT2D eigenvalue weighted by atomic mass is 9.93. The lowest BCUT2D eigenvalue weighted by molar-refractivity contribution is -0.138. The van der Waals surface area contributed by atoms with Crippen LogP contribution < -0.4 is 5.73 Å². The molecule has 22 heavy (non-hydrogen) atoms. The monoisotopic (exact) mass is 353 g/mol. The van der Waals surface area contributed by atoms with Gasteiger partial charge in [-0.2, -0.15) is 0 Å². The number of carbonyl (C=O) groups is 1. The van der Waals surface area contributed by atoms with Gasteiger partial charge in [0.25, 0.3) is 0 Å². The molecule has 1 aliphatic carbocycles. The maximum Gasteiger partial charge on any atom is 0.226 e. The molecular weight excluding hydrogens is 321 g/mol. The van der Waals surface area contributed by atoms with Gasteiger partial charge in [0.1, 0.15) is 0 Å². The Morgan fingerprint density at radius 3 is 2.27 bits per heavy atom. The van der Waals surface area contributed by atoms with Gasteiger partial charge in [-0.05, 0) is 52.0 Å². The fraction of sp³-hybridized carbons (Fsp3) is 0.938. The molecule has 1 heterocycles. The molecule has 4 nitrogen and oxygen atoms in total. The molecule has 0 bridgehead atoms. The number of carbonyl (C=O) groups excluding carboxylic acids is 1. The summed E-state index contributed by atoms with van der Waals surface area (Å²) in [5, 5.41) is 0. The van der Waals surface area contributed by atoms with Gasteiger partial charge in [-0.25, -0.2) is 0 Å². The van der Waals surface area contributed by atoms with E-state index in [9.17, 15) is 4.79 Å². The van der Waals surface area contributed by atoms with Crippen LogP contribution in [0.2, 0.25) is 0 Å². The zero-order chi connectivity index (χ0) is 14.7. The summed E-state index contributed by atoms with van der Waals surface area (Å²) < 4.78 is 0. The summed E-state index contributed by atoms with van der Waals surface area (Å²) in [5.74, 6) is 0.953. The Balaban J connectivity index is 0.00000220. The summed E-state index contributed by atoms with van der Waals surface area (Å²) in [6.45, 7) is 7.39. The highest BCUT2D eigenvalue weighted by molar-refractivity contribution is 5.85. The summed E-state index contributed by atoms with van der Waals surface area (Å²) in [4.78, 5) is 17.2. The largest absolute Gasteiger partial charge is 0.342 e. The van der Waals surface area contributed by atoms with Gasteiger partial charge in [0.15, 0.2) is 0 Å². The second-order valence-corrected chi connectivity index (χ2v) is 6.84. The van der Waals surface area contributed by atoms with Gasteiger partial charge in [0, 0.05) is 38.1 Å². The van der Waals surface area contributed by atoms with Crippen LogP contribution in [0.3, 0.4) is 0 Å². The van der Waals surface area contributed by atoms with Crippen molar-refractivity contribution < 1.29 is 4.79 Å². The van der Waals surface area contributed by atoms with Crippen LogP contribution in [0, 0.1) is 11.8 Å². The third-order valence-electron chi connectivity index (χ3n) is 5.40. The first-order valence-corrected chi connectivity index (χ1v) is 8.25. The number of nitrogens with two attached hydrogens (primary N) is 1. The number of likely N-dealkylation sites (tertiary alicyclic amines) is 1. The maximum atomic E-state index is 12.7. The summed E-state index contributed by atoms with van der Waals surface area (Å²) >= 11 is 0. The molecule has 0 aromatic rings. The third kappa shape index (κ3) is 4.98. The Labute approximate surface area is 148 Å². The predicted molar refractivity (Wildman–Crippen MR) is 96.9 cm³/mol. The van der Waals surface area contributed by atoms with E-state index in [1.165, 1.54) is 0 Å². The molecule has 132 valence electrons. The molecule has 0 unspecified atom stereocenters. The van der Waals surface area contributed by atoms with E-state index < -0.39 is 0 Å². The van der Waals surface area contributed by atoms with Gasteiger partial charge in [-0.3, -0.25) is 4.79 Å². The Bertz CT molecular complexity index is 333. The molecule has 2 atom stereocenters. The van der Waals surface area contributed by atoms with Gasteiger partial charge in [0.05, 0.1) is 0 Å². The van der Waals surface area contributed by atoms with Crippen molar-refractivity contribution in [1.29, 1.82) is 0 Å². The second-order valence-electron chi connectivity index (χ2n) is 6.84. The van der Waals surface area contributed by atoms with E-state index in [-0.39, 0.29) is 30.7 Å². The van der Waals surface area contributed by atoms with Crippen molar-refractivity contribution in [2.45, 2.75) is 58.0 Å². The number of hydrogen-bond acceptors (Lipinski definition) is 3. The number of amides is 1. The SMILES string of the molecule is CC(C)N1CCC(N(C)C(=O)[C@@H]2CCC[C@@H]2CN)CC1.Cl.Cl. The summed E-state index contributed by atoms with van der Waals surface area (Å²) in [6.07, 6.45) is 5.56. The maximum absolute atomic E-state index is 12.7. The number of halogens is 2. The molecule has 0 aromatic heterocycles. The molecule has 6 heteroatoms. The summed E-state index contributed by atoms with van der Waals surface area (Å²) in [5.41, 5.74) is 5.81. The van der Waals surface area contributed by atoms with Crippen molar-refractivity contribution >= 4 is 30.7 Å². The number of rotatable bonds is 4. The van der Waals surface area contributed by atoms with Gasteiger partial charge >= 0.3 is 0 Å². The molecule has 2 rings (SSSR count). The highest BCUT2D eigenvalue weighted by Crippen LogP contribution is 2.33. The molecule has 0 aromatic carbocycles. The van der Waals surface area contributed by atoms with Crippen molar-refractivity contribution in [3.05, 3.63) is 0 Å². The summed E-state index contributed by atoms with van der Waals surface area (Å²) in [7, 11) is 2.00. The molecule has 2 N–H and O–H groups in total. The van der Waals surface area contributed by atoms with E-state index in [0.29, 0.717) is 30.5 Å². The highest BCUT2D eigenvalue weighted by Gasteiger charge is 2.36. The van der Waals surface area contributed by atoms with Gasteiger partial charge < -0.3 is 15.5 Å². The fourth-order valence-corrected chi connectivity index (χ4v) is 3.88. The standard InChI is InChI=1S/C16H31N3O.2ClH/c1-12(2)19-9-7-14(8-10-19)18(3)16(20)15-6-4-5-13(15)11-17;;/h12-15H,4-11,17H2,1-3H3;2*1H/t13-,15-;;/m1../s1. The molecule has 1 saturated carbocycles. The average Bonchev–Trinajstić information content (AvgIpc) is 2.94. The van der Waals surface area contributed by atoms with Gasteiger partial charge in [-0.1, -0.05) is 6.42 Å². The number of hydrogen-bond donors (Lipinski definition) is 1. The van der Waals surface area contributed by atoms with E-state index in [1.54, 1.807) is 0 Å². The quantitative estimate of drug-likeness (QED) is 0.844. The Morgan fingerprint density at radius 1 is 1.18 bits per heavy atom. The Morgan fingerprint density at radius 2 is 1.77 bits per heavy atom. The molecule has 1 amide bonds. The van der Waals surface area contributed by atoms with Crippen LogP contribution in [-0.2, 0) is 4.79 Å². The molecule has 1 aliphatic heterocycles. The van der Waals surface area contributed by atoms with Crippen LogP contribution in [0.15, 0.2) is 0 Å². The zero-order valence-corrected chi connectivity index (χ0v) is 15.8. The van der Waals surface area contributed by atoms with E-state index in [2.05, 4.69) is 18.7 Å². The van der Waals surface area contributed by atoms with E-state index in [1.807, 2.05) is 11.9 Å². The fourth-order valence-electron chi connectivity index (χ4n) is 3.88. The van der Waals surface area contributed by atoms with Crippen LogP contribution in [0.4, 0.5) is 0 Å². The third-order valence-corrected chi connectivity index (χ3v) is 5.40. The number of nitrogens with zero attached hydrogens (tertiary/aromatic N) is 2. The first-order chi connectivity index (χ1) is 9.54. The topological polar surface area (TPSA) is 49.6 Å². The summed E-state index contributed by atoms with van der Waals surface area (Å²) in [6, 6.07) is 1.05. The van der Waals surface area contributed by atoms with Gasteiger partial charge in [0.2, 0.25) is 5.91 Å². The second kappa shape index (κ2) is 9.96. The van der Waals surface area contributed by atoms with Crippen LogP contribution in [-0.4, -0.2) is 54.5 Å². The minimum atomic E-state index is 0. The molecular formula is C16H33Cl2N3O. The van der Waals surface area contributed by atoms with Crippen molar-refractivity contribution in [3.63, 3.8) is 0 Å². The van der Waals surface area contributed by atoms with E-state index in [4.69, 9.17) is 5.73 Å². The van der Waals surface area contributed by atoms with Crippen molar-refractivity contribution in [3.8, 4) is 0 Å². The molecule has 2 aliphatic rings. The predicted octanol–water partition coefficient (Wildman–Crippen LogP) is 2.54. The molecule has 2 fully saturated rings. The first-order valence-electron chi connectivity index (χ1n) is 8.25. The van der Waals surface area contributed by atoms with Crippen LogP contribution in [0.5, 0.6) is 0 Å². The van der Waals surface area contributed by atoms with Crippen molar-refractivity contribution in [1.82, 2.24) is 9.80 Å².